The Hall–Kier alpha value is -1.01. The van der Waals surface area contributed by atoms with Gasteiger partial charge in [0.2, 0.25) is 0 Å². The number of nitrogens with zero attached hydrogens (tertiary/aromatic N) is 1. The van der Waals surface area contributed by atoms with Crippen LogP contribution in [0.25, 0.3) is 0 Å². The van der Waals surface area contributed by atoms with Gasteiger partial charge in [-0.1, -0.05) is 11.8 Å². The molecule has 1 aromatic heterocycles. The second-order valence-corrected chi connectivity index (χ2v) is 4.87. The van der Waals surface area contributed by atoms with Crippen molar-refractivity contribution < 1.29 is 14.3 Å². The van der Waals surface area contributed by atoms with Gasteiger partial charge in [-0.15, -0.1) is 0 Å². The Bertz CT molecular complexity index is 376. The van der Waals surface area contributed by atoms with Crippen LogP contribution in [0, 0.1) is 6.92 Å². The molecule has 1 heterocycles. The fourth-order valence-electron chi connectivity index (χ4n) is 1.28. The van der Waals surface area contributed by atoms with Gasteiger partial charge in [-0.25, -0.2) is 4.98 Å². The van der Waals surface area contributed by atoms with E-state index in [2.05, 4.69) is 10.3 Å². The number of hydrogen-bond acceptors (Lipinski definition) is 5. The highest BCUT2D eigenvalue weighted by Gasteiger charge is 2.28. The summed E-state index contributed by atoms with van der Waals surface area (Å²) in [6.07, 6.45) is 3.71. The highest BCUT2D eigenvalue weighted by atomic mass is 32.2. The Morgan fingerprint density at radius 1 is 1.81 bits per heavy atom. The molecule has 1 fully saturated rings. The minimum atomic E-state index is -0.817. The average molecular weight is 242 g/mol. The molecular weight excluding hydrogens is 228 g/mol. The molecule has 0 aromatic carbocycles. The maximum absolute atomic E-state index is 11.0. The first-order chi connectivity index (χ1) is 7.65. The third-order valence-electron chi connectivity index (χ3n) is 2.28. The van der Waals surface area contributed by atoms with E-state index in [0.29, 0.717) is 17.0 Å². The summed E-state index contributed by atoms with van der Waals surface area (Å²) >= 11 is 1.33. The predicted molar refractivity (Wildman–Crippen MR) is 59.5 cm³/mol. The topological polar surface area (TPSA) is 75.4 Å². The average Bonchev–Trinajstić information content (AvgIpc) is 2.95. The van der Waals surface area contributed by atoms with Gasteiger partial charge in [0.1, 0.15) is 12.3 Å². The molecule has 2 rings (SSSR count). The minimum Gasteiger partial charge on any atom is -0.480 e. The lowest BCUT2D eigenvalue weighted by Crippen LogP contribution is -2.40. The summed E-state index contributed by atoms with van der Waals surface area (Å²) in [4.78, 5) is 15.1. The second-order valence-electron chi connectivity index (χ2n) is 3.90. The summed E-state index contributed by atoms with van der Waals surface area (Å²) in [5.41, 5.74) is 0.810. The van der Waals surface area contributed by atoms with Crippen LogP contribution < -0.4 is 5.32 Å². The van der Waals surface area contributed by atoms with E-state index in [4.69, 9.17) is 9.52 Å². The van der Waals surface area contributed by atoms with Crippen LogP contribution in [-0.2, 0) is 4.79 Å². The molecule has 6 heteroatoms. The zero-order chi connectivity index (χ0) is 11.5. The molecule has 0 spiro atoms. The molecule has 1 aliphatic rings. The van der Waals surface area contributed by atoms with Crippen molar-refractivity contribution in [2.45, 2.75) is 37.1 Å². The molecule has 1 aliphatic carbocycles. The highest BCUT2D eigenvalue weighted by Crippen LogP contribution is 2.22. The number of carboxylic acid groups (broad SMARTS) is 1. The Balaban J connectivity index is 1.83. The van der Waals surface area contributed by atoms with Crippen LogP contribution >= 0.6 is 11.8 Å². The van der Waals surface area contributed by atoms with Crippen LogP contribution in [-0.4, -0.2) is 33.9 Å². The van der Waals surface area contributed by atoms with Crippen molar-refractivity contribution in [2.24, 2.45) is 0 Å². The lowest BCUT2D eigenvalue weighted by atomic mass is 10.3. The van der Waals surface area contributed by atoms with Crippen LogP contribution in [0.1, 0.15) is 18.5 Å². The standard InChI is InChI=1S/C10H14N2O3S/c1-6-4-15-10(11-6)16-5-8(9(13)14)12-7-2-3-7/h4,7-8,12H,2-3,5H2,1H3,(H,13,14). The van der Waals surface area contributed by atoms with Crippen LogP contribution in [0.2, 0.25) is 0 Å². The lowest BCUT2D eigenvalue weighted by Gasteiger charge is -2.11. The van der Waals surface area contributed by atoms with Gasteiger partial charge in [-0.3, -0.25) is 4.79 Å². The molecular formula is C10H14N2O3S. The fourth-order valence-corrected chi connectivity index (χ4v) is 2.15. The van der Waals surface area contributed by atoms with Gasteiger partial charge in [0.15, 0.2) is 0 Å². The van der Waals surface area contributed by atoms with E-state index >= 15 is 0 Å². The SMILES string of the molecule is Cc1coc(SCC(NC2CC2)C(=O)O)n1. The van der Waals surface area contributed by atoms with Crippen molar-refractivity contribution in [1.82, 2.24) is 10.3 Å². The molecule has 2 N–H and O–H groups in total. The van der Waals surface area contributed by atoms with Crippen molar-refractivity contribution in [1.29, 1.82) is 0 Å². The van der Waals surface area contributed by atoms with Gasteiger partial charge < -0.3 is 14.8 Å². The summed E-state index contributed by atoms with van der Waals surface area (Å²) in [7, 11) is 0. The van der Waals surface area contributed by atoms with E-state index < -0.39 is 12.0 Å². The zero-order valence-corrected chi connectivity index (χ0v) is 9.79. The van der Waals surface area contributed by atoms with Gasteiger partial charge in [0.05, 0.1) is 5.69 Å². The molecule has 0 radical (unpaired) electrons. The van der Waals surface area contributed by atoms with Gasteiger partial charge in [0, 0.05) is 11.8 Å². The maximum atomic E-state index is 11.0. The van der Waals surface area contributed by atoms with Crippen LogP contribution in [0.5, 0.6) is 0 Å². The van der Waals surface area contributed by atoms with Gasteiger partial charge >= 0.3 is 5.97 Å². The number of oxazole rings is 1. The van der Waals surface area contributed by atoms with E-state index in [0.717, 1.165) is 18.5 Å². The minimum absolute atomic E-state index is 0.382. The Kier molecular flexibility index (Phi) is 3.50. The molecule has 0 aliphatic heterocycles. The third kappa shape index (κ3) is 3.24. The number of aryl methyl sites for hydroxylation is 1. The summed E-state index contributed by atoms with van der Waals surface area (Å²) < 4.78 is 5.15. The summed E-state index contributed by atoms with van der Waals surface area (Å²) in [5.74, 6) is -0.381. The van der Waals surface area contributed by atoms with Crippen molar-refractivity contribution in [2.75, 3.05) is 5.75 Å². The third-order valence-corrected chi connectivity index (χ3v) is 3.22. The number of carbonyl (C=O) groups is 1. The van der Waals surface area contributed by atoms with Crippen LogP contribution in [0.3, 0.4) is 0 Å². The van der Waals surface area contributed by atoms with Crippen LogP contribution in [0.15, 0.2) is 15.9 Å². The number of aromatic nitrogens is 1. The molecule has 1 saturated carbocycles. The molecule has 1 unspecified atom stereocenters. The molecule has 1 aromatic rings. The van der Waals surface area contributed by atoms with Crippen molar-refractivity contribution in [3.8, 4) is 0 Å². The predicted octanol–water partition coefficient (Wildman–Crippen LogP) is 1.28. The Labute approximate surface area is 97.6 Å². The number of thioether (sulfide) groups is 1. The highest BCUT2D eigenvalue weighted by molar-refractivity contribution is 7.99. The van der Waals surface area contributed by atoms with E-state index in [1.165, 1.54) is 11.8 Å². The van der Waals surface area contributed by atoms with E-state index in [9.17, 15) is 4.79 Å². The Morgan fingerprint density at radius 2 is 2.56 bits per heavy atom. The first-order valence-electron chi connectivity index (χ1n) is 5.19. The number of rotatable bonds is 6. The monoisotopic (exact) mass is 242 g/mol. The quantitative estimate of drug-likeness (QED) is 0.732. The number of carboxylic acids is 1. The maximum Gasteiger partial charge on any atom is 0.321 e. The summed E-state index contributed by atoms with van der Waals surface area (Å²) in [6.45, 7) is 1.84. The van der Waals surface area contributed by atoms with E-state index in [1.807, 2.05) is 6.92 Å². The van der Waals surface area contributed by atoms with E-state index in [1.54, 1.807) is 6.26 Å². The summed E-state index contributed by atoms with van der Waals surface area (Å²) in [6, 6.07) is -0.141. The van der Waals surface area contributed by atoms with Crippen molar-refractivity contribution >= 4 is 17.7 Å². The number of hydrogen-bond donors (Lipinski definition) is 2. The molecule has 0 saturated heterocycles. The zero-order valence-electron chi connectivity index (χ0n) is 8.97. The molecule has 88 valence electrons. The Morgan fingerprint density at radius 3 is 3.06 bits per heavy atom. The fraction of sp³-hybridized carbons (Fsp3) is 0.600. The smallest absolute Gasteiger partial charge is 0.321 e. The number of nitrogens with one attached hydrogen (secondary N) is 1. The first kappa shape index (κ1) is 11.5. The first-order valence-corrected chi connectivity index (χ1v) is 6.17. The lowest BCUT2D eigenvalue weighted by molar-refractivity contribution is -0.138. The van der Waals surface area contributed by atoms with Gasteiger partial charge in [-0.05, 0) is 19.8 Å². The number of aliphatic carboxylic acids is 1. The molecule has 5 nitrogen and oxygen atoms in total. The van der Waals surface area contributed by atoms with Crippen molar-refractivity contribution in [3.63, 3.8) is 0 Å². The van der Waals surface area contributed by atoms with E-state index in [-0.39, 0.29) is 0 Å². The normalized spacial score (nSPS) is 17.3. The molecule has 16 heavy (non-hydrogen) atoms. The van der Waals surface area contributed by atoms with Gasteiger partial charge in [-0.2, -0.15) is 0 Å². The van der Waals surface area contributed by atoms with Crippen LogP contribution in [0.4, 0.5) is 0 Å². The molecule has 0 amide bonds. The molecule has 0 bridgehead atoms. The second kappa shape index (κ2) is 4.88. The largest absolute Gasteiger partial charge is 0.480 e. The summed E-state index contributed by atoms with van der Waals surface area (Å²) in [5, 5.41) is 12.6. The molecule has 1 atom stereocenters. The van der Waals surface area contributed by atoms with Gasteiger partial charge in [0.25, 0.3) is 5.22 Å². The van der Waals surface area contributed by atoms with Crippen molar-refractivity contribution in [3.05, 3.63) is 12.0 Å².